The Labute approximate surface area is 211 Å². The van der Waals surface area contributed by atoms with Crippen LogP contribution in [0.3, 0.4) is 0 Å². The van der Waals surface area contributed by atoms with Gasteiger partial charge in [0, 0.05) is 55.6 Å². The molecule has 3 aliphatic rings. The van der Waals surface area contributed by atoms with E-state index in [0.29, 0.717) is 12.1 Å². The Balaban J connectivity index is 1.32. The molecule has 2 saturated heterocycles. The molecule has 0 spiro atoms. The Morgan fingerprint density at radius 1 is 1.08 bits per heavy atom. The first kappa shape index (κ1) is 23.2. The van der Waals surface area contributed by atoms with Crippen molar-refractivity contribution in [3.63, 3.8) is 0 Å². The van der Waals surface area contributed by atoms with Gasteiger partial charge >= 0.3 is 0 Å². The van der Waals surface area contributed by atoms with Crippen LogP contribution in [0.15, 0.2) is 30.5 Å². The summed E-state index contributed by atoms with van der Waals surface area (Å²) < 4.78 is 13.2. The molecule has 9 nitrogen and oxygen atoms in total. The summed E-state index contributed by atoms with van der Waals surface area (Å²) >= 11 is 0. The number of carbonyl (C=O) groups is 1. The highest BCUT2D eigenvalue weighted by Crippen LogP contribution is 2.30. The van der Waals surface area contributed by atoms with Gasteiger partial charge in [0.1, 0.15) is 11.6 Å². The number of fused-ring (bicyclic) bond motifs is 1. The van der Waals surface area contributed by atoms with Crippen LogP contribution < -0.4 is 16.0 Å². The van der Waals surface area contributed by atoms with E-state index in [1.165, 1.54) is 0 Å². The van der Waals surface area contributed by atoms with Crippen LogP contribution in [0.25, 0.3) is 16.8 Å². The molecule has 3 N–H and O–H groups in total. The number of carbonyl (C=O) groups excluding carboxylic acids is 1. The Kier molecular flexibility index (Phi) is 6.50. The van der Waals surface area contributed by atoms with Gasteiger partial charge in [-0.1, -0.05) is 12.1 Å². The molecular weight excluding hydrogens is 456 g/mol. The second kappa shape index (κ2) is 10.1. The third-order valence-electron chi connectivity index (χ3n) is 7.27. The van der Waals surface area contributed by atoms with Crippen LogP contribution in [-0.2, 0) is 9.47 Å². The minimum absolute atomic E-state index is 0.00287. The van der Waals surface area contributed by atoms with Crippen molar-refractivity contribution in [1.29, 1.82) is 0 Å². The molecule has 1 atom stereocenters. The number of aromatic nitrogens is 3. The summed E-state index contributed by atoms with van der Waals surface area (Å²) in [4.78, 5) is 17.6. The standard InChI is InChI=1S/C27H34N6O3/c1-17-13-18(4-7-22(17)27(34)31-19-5-6-19)23-16-29-33-25(28-15-21-3-2-10-36-21)14-24(32-26(23)33)30-20-8-11-35-12-9-20/h4,7,13-14,16,19-21,28H,2-3,5-6,8-12,15H2,1H3,(H,30,32)(H,31,34)/t21-/m0/s1. The lowest BCUT2D eigenvalue weighted by Crippen LogP contribution is -2.28. The molecule has 36 heavy (non-hydrogen) atoms. The second-order valence-electron chi connectivity index (χ2n) is 10.1. The molecule has 9 heteroatoms. The number of rotatable bonds is 8. The summed E-state index contributed by atoms with van der Waals surface area (Å²) in [6.45, 7) is 5.07. The highest BCUT2D eigenvalue weighted by atomic mass is 16.5. The zero-order chi connectivity index (χ0) is 24.5. The normalized spacial score (nSPS) is 20.5. The number of amides is 1. The van der Waals surface area contributed by atoms with Gasteiger partial charge < -0.3 is 25.4 Å². The number of hydrogen-bond acceptors (Lipinski definition) is 7. The molecule has 3 fully saturated rings. The lowest BCUT2D eigenvalue weighted by atomic mass is 10.0. The molecule has 6 rings (SSSR count). The van der Waals surface area contributed by atoms with E-state index in [0.717, 1.165) is 104 Å². The number of hydrogen-bond donors (Lipinski definition) is 3. The van der Waals surface area contributed by atoms with E-state index >= 15 is 0 Å². The summed E-state index contributed by atoms with van der Waals surface area (Å²) in [7, 11) is 0. The largest absolute Gasteiger partial charge is 0.381 e. The van der Waals surface area contributed by atoms with Crippen molar-refractivity contribution < 1.29 is 14.3 Å². The predicted molar refractivity (Wildman–Crippen MR) is 139 cm³/mol. The van der Waals surface area contributed by atoms with E-state index in [1.54, 1.807) is 0 Å². The summed E-state index contributed by atoms with van der Waals surface area (Å²) in [6, 6.07) is 8.65. The smallest absolute Gasteiger partial charge is 0.251 e. The average molecular weight is 491 g/mol. The van der Waals surface area contributed by atoms with Gasteiger partial charge in [-0.05, 0) is 62.6 Å². The first-order chi connectivity index (χ1) is 17.6. The van der Waals surface area contributed by atoms with E-state index in [4.69, 9.17) is 14.5 Å². The third kappa shape index (κ3) is 5.03. The monoisotopic (exact) mass is 490 g/mol. The lowest BCUT2D eigenvalue weighted by Gasteiger charge is -2.24. The van der Waals surface area contributed by atoms with Crippen LogP contribution in [0.5, 0.6) is 0 Å². The molecule has 2 aliphatic heterocycles. The fourth-order valence-electron chi connectivity index (χ4n) is 5.02. The highest BCUT2D eigenvalue weighted by molar-refractivity contribution is 5.97. The first-order valence-electron chi connectivity index (χ1n) is 13.1. The molecule has 1 amide bonds. The lowest BCUT2D eigenvalue weighted by molar-refractivity contribution is 0.0903. The number of benzene rings is 1. The van der Waals surface area contributed by atoms with Crippen LogP contribution in [0.2, 0.25) is 0 Å². The summed E-state index contributed by atoms with van der Waals surface area (Å²) in [5.41, 5.74) is 4.36. The maximum absolute atomic E-state index is 12.6. The SMILES string of the molecule is Cc1cc(-c2cnn3c(NC[C@@H]4CCCO4)cc(NC4CCOCC4)nc23)ccc1C(=O)NC1CC1. The van der Waals surface area contributed by atoms with Crippen LogP contribution in [0.1, 0.15) is 54.4 Å². The molecule has 1 aromatic carbocycles. The molecule has 0 radical (unpaired) electrons. The number of aryl methyl sites for hydroxylation is 1. The molecule has 3 aromatic rings. The molecule has 1 aliphatic carbocycles. The fraction of sp³-hybridized carbons (Fsp3) is 0.519. The molecule has 1 saturated carbocycles. The van der Waals surface area contributed by atoms with Crippen molar-refractivity contribution in [3.05, 3.63) is 41.6 Å². The van der Waals surface area contributed by atoms with Crippen molar-refractivity contribution >= 4 is 23.2 Å². The maximum Gasteiger partial charge on any atom is 0.251 e. The molecule has 190 valence electrons. The van der Waals surface area contributed by atoms with Gasteiger partial charge in [-0.3, -0.25) is 4.79 Å². The first-order valence-corrected chi connectivity index (χ1v) is 13.1. The van der Waals surface area contributed by atoms with E-state index in [-0.39, 0.29) is 12.0 Å². The van der Waals surface area contributed by atoms with Crippen molar-refractivity contribution in [3.8, 4) is 11.1 Å². The van der Waals surface area contributed by atoms with E-state index in [2.05, 4.69) is 27.1 Å². The Hall–Kier alpha value is -3.17. The van der Waals surface area contributed by atoms with Gasteiger partial charge in [0.15, 0.2) is 5.65 Å². The minimum Gasteiger partial charge on any atom is -0.381 e. The highest BCUT2D eigenvalue weighted by Gasteiger charge is 2.25. The second-order valence-corrected chi connectivity index (χ2v) is 10.1. The van der Waals surface area contributed by atoms with Gasteiger partial charge in [0.05, 0.1) is 12.3 Å². The number of ether oxygens (including phenoxy) is 2. The van der Waals surface area contributed by atoms with Gasteiger partial charge in [0.2, 0.25) is 0 Å². The van der Waals surface area contributed by atoms with Crippen molar-refractivity contribution in [1.82, 2.24) is 19.9 Å². The van der Waals surface area contributed by atoms with Crippen molar-refractivity contribution in [2.24, 2.45) is 0 Å². The van der Waals surface area contributed by atoms with Gasteiger partial charge in [-0.25, -0.2) is 4.98 Å². The Bertz CT molecular complexity index is 1240. The molecule has 0 unspecified atom stereocenters. The third-order valence-corrected chi connectivity index (χ3v) is 7.27. The quantitative estimate of drug-likeness (QED) is 0.442. The van der Waals surface area contributed by atoms with E-state index in [1.807, 2.05) is 35.8 Å². The van der Waals surface area contributed by atoms with Crippen molar-refractivity contribution in [2.45, 2.75) is 63.6 Å². The van der Waals surface area contributed by atoms with E-state index in [9.17, 15) is 4.79 Å². The Morgan fingerprint density at radius 3 is 2.69 bits per heavy atom. The van der Waals surface area contributed by atoms with Crippen molar-refractivity contribution in [2.75, 3.05) is 37.0 Å². The zero-order valence-electron chi connectivity index (χ0n) is 20.8. The molecular formula is C27H34N6O3. The van der Waals surface area contributed by atoms with Crippen LogP contribution in [0, 0.1) is 6.92 Å². The van der Waals surface area contributed by atoms with Gasteiger partial charge in [-0.2, -0.15) is 9.61 Å². The summed E-state index contributed by atoms with van der Waals surface area (Å²) in [5.74, 6) is 1.71. The van der Waals surface area contributed by atoms with E-state index < -0.39 is 0 Å². The molecule has 0 bridgehead atoms. The number of nitrogens with zero attached hydrogens (tertiary/aromatic N) is 3. The molecule has 2 aromatic heterocycles. The van der Waals surface area contributed by atoms with Crippen LogP contribution in [-0.4, -0.2) is 65.1 Å². The number of nitrogens with one attached hydrogen (secondary N) is 3. The van der Waals surface area contributed by atoms with Crippen LogP contribution in [0.4, 0.5) is 11.6 Å². The zero-order valence-corrected chi connectivity index (χ0v) is 20.8. The van der Waals surface area contributed by atoms with Gasteiger partial charge in [0.25, 0.3) is 5.91 Å². The Morgan fingerprint density at radius 2 is 1.94 bits per heavy atom. The summed E-state index contributed by atoms with van der Waals surface area (Å²) in [5, 5.41) is 14.9. The maximum atomic E-state index is 12.6. The van der Waals surface area contributed by atoms with Crippen LogP contribution >= 0.6 is 0 Å². The average Bonchev–Trinajstić information content (AvgIpc) is 3.36. The summed E-state index contributed by atoms with van der Waals surface area (Å²) in [6.07, 6.45) is 8.31. The minimum atomic E-state index is 0.00287. The topological polar surface area (TPSA) is 102 Å². The van der Waals surface area contributed by atoms with Gasteiger partial charge in [-0.15, -0.1) is 0 Å². The molecule has 4 heterocycles. The number of anilines is 2. The predicted octanol–water partition coefficient (Wildman–Crippen LogP) is 3.78. The fourth-order valence-corrected chi connectivity index (χ4v) is 5.02.